The number of anilines is 1. The third-order valence-electron chi connectivity index (χ3n) is 1.37. The summed E-state index contributed by atoms with van der Waals surface area (Å²) in [6.45, 7) is 0. The summed E-state index contributed by atoms with van der Waals surface area (Å²) in [5.41, 5.74) is 2.21. The first-order chi connectivity index (χ1) is 6.13. The van der Waals surface area contributed by atoms with Gasteiger partial charge in [-0.15, -0.1) is 5.43 Å². The van der Waals surface area contributed by atoms with Crippen molar-refractivity contribution >= 4 is 17.3 Å². The van der Waals surface area contributed by atoms with Crippen LogP contribution in [-0.4, -0.2) is 12.1 Å². The average molecular weight is 203 g/mol. The van der Waals surface area contributed by atoms with Crippen LogP contribution in [0.4, 0.5) is 5.69 Å². The fourth-order valence-electron chi connectivity index (χ4n) is 0.866. The molecule has 0 aliphatic rings. The molecule has 5 nitrogen and oxygen atoms in total. The molecule has 0 aliphatic carbocycles. The summed E-state index contributed by atoms with van der Waals surface area (Å²) < 4.78 is 4.88. The molecular formula is C7H7ClN2O3. The van der Waals surface area contributed by atoms with Gasteiger partial charge in [0.2, 0.25) is 0 Å². The lowest BCUT2D eigenvalue weighted by Crippen LogP contribution is -2.08. The minimum atomic E-state index is -0.672. The Kier molecular flexibility index (Phi) is 2.92. The Labute approximate surface area is 79.4 Å². The topological polar surface area (TPSA) is 64.4 Å². The summed E-state index contributed by atoms with van der Waals surface area (Å²) >= 11 is 5.64. The van der Waals surface area contributed by atoms with Crippen molar-refractivity contribution in [2.24, 2.45) is 0 Å². The van der Waals surface area contributed by atoms with Crippen molar-refractivity contribution in [1.82, 2.24) is 0 Å². The van der Waals surface area contributed by atoms with Crippen LogP contribution < -0.4 is 10.2 Å². The first-order valence-corrected chi connectivity index (χ1v) is 3.76. The summed E-state index contributed by atoms with van der Waals surface area (Å²) in [6.07, 6.45) is 0. The Morgan fingerprint density at radius 3 is 2.85 bits per heavy atom. The lowest BCUT2D eigenvalue weighted by atomic mass is 10.3. The van der Waals surface area contributed by atoms with Crippen LogP contribution in [0, 0.1) is 10.1 Å². The van der Waals surface area contributed by atoms with Gasteiger partial charge in [-0.3, -0.25) is 0 Å². The minimum Gasteiger partial charge on any atom is -0.494 e. The Morgan fingerprint density at radius 2 is 2.31 bits per heavy atom. The predicted octanol–water partition coefficient (Wildman–Crippen LogP) is 1.95. The lowest BCUT2D eigenvalue weighted by Gasteiger charge is -2.04. The Morgan fingerprint density at radius 1 is 1.62 bits per heavy atom. The molecule has 1 aromatic carbocycles. The normalized spacial score (nSPS) is 9.38. The molecule has 0 atom stereocenters. The maximum atomic E-state index is 10.1. The molecule has 0 radical (unpaired) electrons. The fourth-order valence-corrected chi connectivity index (χ4v) is 1.04. The van der Waals surface area contributed by atoms with Gasteiger partial charge in [0.15, 0.2) is 5.03 Å². The van der Waals surface area contributed by atoms with Crippen molar-refractivity contribution in [3.63, 3.8) is 0 Å². The number of nitro groups is 1. The van der Waals surface area contributed by atoms with Gasteiger partial charge in [-0.05, 0) is 18.2 Å². The van der Waals surface area contributed by atoms with Crippen LogP contribution in [0.5, 0.6) is 5.75 Å². The molecule has 0 aliphatic heterocycles. The van der Waals surface area contributed by atoms with E-state index >= 15 is 0 Å². The van der Waals surface area contributed by atoms with Crippen LogP contribution in [0.3, 0.4) is 0 Å². The van der Waals surface area contributed by atoms with E-state index in [1.54, 1.807) is 12.1 Å². The van der Waals surface area contributed by atoms with E-state index < -0.39 is 5.03 Å². The number of hydrogen-bond acceptors (Lipinski definition) is 3. The third kappa shape index (κ3) is 2.48. The Balaban J connectivity index is 3.01. The van der Waals surface area contributed by atoms with Gasteiger partial charge in [0.05, 0.1) is 7.11 Å². The number of methoxy groups -OCH3 is 1. The highest BCUT2D eigenvalue weighted by Gasteiger charge is 2.07. The van der Waals surface area contributed by atoms with Crippen molar-refractivity contribution in [3.05, 3.63) is 33.3 Å². The van der Waals surface area contributed by atoms with Gasteiger partial charge in [0.1, 0.15) is 11.4 Å². The minimum absolute atomic E-state index is 0.236. The van der Waals surface area contributed by atoms with E-state index in [-0.39, 0.29) is 5.69 Å². The van der Waals surface area contributed by atoms with Gasteiger partial charge >= 0.3 is 0 Å². The highest BCUT2D eigenvalue weighted by molar-refractivity contribution is 6.30. The van der Waals surface area contributed by atoms with Crippen LogP contribution in [0.15, 0.2) is 18.2 Å². The van der Waals surface area contributed by atoms with Crippen LogP contribution in [-0.2, 0) is 0 Å². The standard InChI is InChI=1S/C7H7ClN2O3/c1-13-7-3-2-5(8)4-6(7)9-10(11)12/h2-4,9H,1H3. The maximum absolute atomic E-state index is 10.1. The molecule has 13 heavy (non-hydrogen) atoms. The van der Waals surface area contributed by atoms with Crippen molar-refractivity contribution in [2.45, 2.75) is 0 Å². The number of ether oxygens (including phenoxy) is 1. The summed E-state index contributed by atoms with van der Waals surface area (Å²) in [4.78, 5) is 10.1. The van der Waals surface area contributed by atoms with Crippen molar-refractivity contribution in [2.75, 3.05) is 12.5 Å². The zero-order valence-corrected chi connectivity index (χ0v) is 7.54. The molecule has 0 amide bonds. The molecule has 0 saturated heterocycles. The van der Waals surface area contributed by atoms with E-state index in [9.17, 15) is 10.1 Å². The second kappa shape index (κ2) is 3.95. The van der Waals surface area contributed by atoms with E-state index in [4.69, 9.17) is 16.3 Å². The van der Waals surface area contributed by atoms with E-state index in [2.05, 4.69) is 0 Å². The molecule has 0 unspecified atom stereocenters. The molecule has 0 aromatic heterocycles. The van der Waals surface area contributed by atoms with Gasteiger partial charge in [0.25, 0.3) is 0 Å². The third-order valence-corrected chi connectivity index (χ3v) is 1.61. The number of nitrogens with one attached hydrogen (secondary N) is 1. The van der Waals surface area contributed by atoms with Gasteiger partial charge in [-0.25, -0.2) is 10.1 Å². The van der Waals surface area contributed by atoms with E-state index in [1.165, 1.54) is 13.2 Å². The zero-order chi connectivity index (χ0) is 9.84. The molecule has 6 heteroatoms. The van der Waals surface area contributed by atoms with E-state index in [0.29, 0.717) is 10.8 Å². The number of hydrogen-bond donors (Lipinski definition) is 1. The van der Waals surface area contributed by atoms with Gasteiger partial charge in [-0.2, -0.15) is 0 Å². The quantitative estimate of drug-likeness (QED) is 0.601. The molecule has 1 aromatic rings. The SMILES string of the molecule is COc1ccc(Cl)cc1N[N+](=O)[O-]. The summed E-state index contributed by atoms with van der Waals surface area (Å²) in [6, 6.07) is 4.56. The number of hydrazine groups is 1. The highest BCUT2D eigenvalue weighted by Crippen LogP contribution is 2.27. The molecule has 0 saturated carbocycles. The predicted molar refractivity (Wildman–Crippen MR) is 48.6 cm³/mol. The molecule has 0 bridgehead atoms. The summed E-state index contributed by atoms with van der Waals surface area (Å²) in [5, 5.41) is 9.88. The van der Waals surface area contributed by atoms with Gasteiger partial charge < -0.3 is 4.74 Å². The number of benzene rings is 1. The molecule has 70 valence electrons. The number of rotatable bonds is 3. The van der Waals surface area contributed by atoms with Crippen molar-refractivity contribution in [3.8, 4) is 5.75 Å². The Bertz CT molecular complexity index is 330. The zero-order valence-electron chi connectivity index (χ0n) is 6.78. The van der Waals surface area contributed by atoms with Crippen LogP contribution in [0.2, 0.25) is 5.02 Å². The molecule has 0 heterocycles. The van der Waals surface area contributed by atoms with E-state index in [0.717, 1.165) is 0 Å². The second-order valence-corrected chi connectivity index (χ2v) is 2.65. The lowest BCUT2D eigenvalue weighted by molar-refractivity contribution is -0.445. The van der Waals surface area contributed by atoms with Gasteiger partial charge in [0, 0.05) is 5.02 Å². The Hall–Kier alpha value is -1.49. The molecule has 1 N–H and O–H groups in total. The molecular weight excluding hydrogens is 196 g/mol. The number of nitrogens with zero attached hydrogens (tertiary/aromatic N) is 1. The van der Waals surface area contributed by atoms with Crippen molar-refractivity contribution < 1.29 is 9.77 Å². The molecule has 0 spiro atoms. The van der Waals surface area contributed by atoms with Gasteiger partial charge in [-0.1, -0.05) is 11.6 Å². The highest BCUT2D eigenvalue weighted by atomic mass is 35.5. The van der Waals surface area contributed by atoms with E-state index in [1.807, 2.05) is 5.43 Å². The monoisotopic (exact) mass is 202 g/mol. The first kappa shape index (κ1) is 9.60. The van der Waals surface area contributed by atoms with Crippen LogP contribution in [0.25, 0.3) is 0 Å². The average Bonchev–Trinajstić information content (AvgIpc) is 2.03. The fraction of sp³-hybridized carbons (Fsp3) is 0.143. The largest absolute Gasteiger partial charge is 0.494 e. The molecule has 0 fully saturated rings. The second-order valence-electron chi connectivity index (χ2n) is 2.21. The summed E-state index contributed by atoms with van der Waals surface area (Å²) in [7, 11) is 1.42. The summed E-state index contributed by atoms with van der Waals surface area (Å²) in [5.74, 6) is 0.376. The van der Waals surface area contributed by atoms with Crippen molar-refractivity contribution in [1.29, 1.82) is 0 Å². The van der Waals surface area contributed by atoms with Crippen LogP contribution >= 0.6 is 11.6 Å². The number of halogens is 1. The molecule has 1 rings (SSSR count). The smallest absolute Gasteiger partial charge is 0.162 e. The maximum Gasteiger partial charge on any atom is 0.162 e. The van der Waals surface area contributed by atoms with Crippen LogP contribution in [0.1, 0.15) is 0 Å². The first-order valence-electron chi connectivity index (χ1n) is 3.38.